The summed E-state index contributed by atoms with van der Waals surface area (Å²) in [5, 5.41) is 8.45. The van der Waals surface area contributed by atoms with Crippen molar-refractivity contribution in [3.8, 4) is 0 Å². The number of hydrogen-bond donors (Lipinski definition) is 1. The number of rotatable bonds is 4. The maximum absolute atomic E-state index is 12.0. The van der Waals surface area contributed by atoms with Crippen molar-refractivity contribution < 1.29 is 4.79 Å². The molecule has 2 aromatic rings. The second-order valence-corrected chi connectivity index (χ2v) is 6.03. The fourth-order valence-electron chi connectivity index (χ4n) is 2.01. The highest BCUT2D eigenvalue weighted by molar-refractivity contribution is 9.10. The van der Waals surface area contributed by atoms with Crippen LogP contribution in [-0.2, 0) is 11.3 Å². The van der Waals surface area contributed by atoms with E-state index in [0.29, 0.717) is 0 Å². The molecule has 0 atom stereocenters. The molecular formula is C16H19BrN4O. The van der Waals surface area contributed by atoms with Gasteiger partial charge in [0.05, 0.1) is 21.6 Å². The lowest BCUT2D eigenvalue weighted by atomic mass is 10.1. The van der Waals surface area contributed by atoms with Crippen LogP contribution in [0.25, 0.3) is 0 Å². The summed E-state index contributed by atoms with van der Waals surface area (Å²) >= 11 is 3.45. The van der Waals surface area contributed by atoms with Gasteiger partial charge in [-0.25, -0.2) is 5.43 Å². The molecule has 0 aliphatic heterocycles. The molecule has 0 saturated heterocycles. The fourth-order valence-corrected chi connectivity index (χ4v) is 2.29. The van der Waals surface area contributed by atoms with E-state index in [1.807, 2.05) is 52.0 Å². The Labute approximate surface area is 138 Å². The normalized spacial score (nSPS) is 11.6. The Morgan fingerprint density at radius 3 is 2.45 bits per heavy atom. The van der Waals surface area contributed by atoms with Gasteiger partial charge in [-0.1, -0.05) is 29.8 Å². The Balaban J connectivity index is 2.01. The minimum Gasteiger partial charge on any atom is -0.271 e. The van der Waals surface area contributed by atoms with Crippen LogP contribution in [0.15, 0.2) is 33.8 Å². The largest absolute Gasteiger partial charge is 0.271 e. The van der Waals surface area contributed by atoms with Gasteiger partial charge in [0.25, 0.3) is 5.91 Å². The van der Waals surface area contributed by atoms with Crippen molar-refractivity contribution in [1.29, 1.82) is 0 Å². The predicted octanol–water partition coefficient (Wildman–Crippen LogP) is 3.11. The van der Waals surface area contributed by atoms with Gasteiger partial charge in [0, 0.05) is 0 Å². The van der Waals surface area contributed by atoms with Crippen LogP contribution in [0.3, 0.4) is 0 Å². The van der Waals surface area contributed by atoms with Crippen molar-refractivity contribution in [3.05, 3.63) is 51.3 Å². The van der Waals surface area contributed by atoms with E-state index in [1.54, 1.807) is 4.68 Å². The van der Waals surface area contributed by atoms with Crippen LogP contribution in [0.1, 0.15) is 29.4 Å². The summed E-state index contributed by atoms with van der Waals surface area (Å²) in [5.74, 6) is -0.204. The Morgan fingerprint density at radius 1 is 1.27 bits per heavy atom. The highest BCUT2D eigenvalue weighted by Gasteiger charge is 2.11. The highest BCUT2D eigenvalue weighted by Crippen LogP contribution is 2.19. The van der Waals surface area contributed by atoms with Gasteiger partial charge in [-0.05, 0) is 49.2 Å². The number of aryl methyl sites for hydroxylation is 2. The van der Waals surface area contributed by atoms with Crippen molar-refractivity contribution in [1.82, 2.24) is 15.2 Å². The van der Waals surface area contributed by atoms with Gasteiger partial charge in [0.2, 0.25) is 0 Å². The Hall–Kier alpha value is -1.95. The summed E-state index contributed by atoms with van der Waals surface area (Å²) < 4.78 is 2.59. The average Bonchev–Trinajstić information content (AvgIpc) is 2.73. The lowest BCUT2D eigenvalue weighted by Gasteiger charge is -2.05. The van der Waals surface area contributed by atoms with Crippen molar-refractivity contribution in [2.24, 2.45) is 5.10 Å². The molecule has 5 nitrogen and oxygen atoms in total. The summed E-state index contributed by atoms with van der Waals surface area (Å²) in [6.45, 7) is 7.85. The van der Waals surface area contributed by atoms with E-state index in [-0.39, 0.29) is 12.5 Å². The van der Waals surface area contributed by atoms with Gasteiger partial charge in [-0.2, -0.15) is 10.2 Å². The number of nitrogens with one attached hydrogen (secondary N) is 1. The number of aromatic nitrogens is 2. The van der Waals surface area contributed by atoms with E-state index in [1.165, 1.54) is 5.56 Å². The molecule has 116 valence electrons. The van der Waals surface area contributed by atoms with Crippen molar-refractivity contribution >= 4 is 27.5 Å². The minimum absolute atomic E-state index is 0.142. The predicted molar refractivity (Wildman–Crippen MR) is 90.9 cm³/mol. The van der Waals surface area contributed by atoms with Crippen molar-refractivity contribution in [3.63, 3.8) is 0 Å². The molecular weight excluding hydrogens is 344 g/mol. The van der Waals surface area contributed by atoms with E-state index in [9.17, 15) is 4.79 Å². The zero-order valence-electron chi connectivity index (χ0n) is 13.1. The van der Waals surface area contributed by atoms with Gasteiger partial charge >= 0.3 is 0 Å². The smallest absolute Gasteiger partial charge is 0.261 e. The summed E-state index contributed by atoms with van der Waals surface area (Å²) in [5.41, 5.74) is 7.30. The quantitative estimate of drug-likeness (QED) is 0.670. The second-order valence-electron chi connectivity index (χ2n) is 5.24. The van der Waals surface area contributed by atoms with E-state index in [4.69, 9.17) is 0 Å². The van der Waals surface area contributed by atoms with Crippen LogP contribution in [-0.4, -0.2) is 21.4 Å². The van der Waals surface area contributed by atoms with Crippen LogP contribution in [0.4, 0.5) is 0 Å². The molecule has 2 rings (SSSR count). The molecule has 0 unspecified atom stereocenters. The van der Waals surface area contributed by atoms with E-state index >= 15 is 0 Å². The molecule has 1 amide bonds. The molecule has 0 fully saturated rings. The summed E-state index contributed by atoms with van der Waals surface area (Å²) in [6, 6.07) is 8.00. The molecule has 0 saturated carbocycles. The van der Waals surface area contributed by atoms with Crippen LogP contribution in [0, 0.1) is 20.8 Å². The molecule has 1 heterocycles. The first-order valence-electron chi connectivity index (χ1n) is 6.98. The van der Waals surface area contributed by atoms with Crippen LogP contribution in [0.5, 0.6) is 0 Å². The maximum Gasteiger partial charge on any atom is 0.261 e. The third-order valence-corrected chi connectivity index (χ3v) is 4.55. The Morgan fingerprint density at radius 2 is 1.91 bits per heavy atom. The molecule has 1 N–H and O–H groups in total. The molecule has 0 aliphatic rings. The number of halogens is 1. The standard InChI is InChI=1S/C16H19BrN4O/c1-10-5-7-14(8-6-10)11(2)18-19-15(22)9-21-13(4)16(17)12(3)20-21/h5-8H,9H2,1-4H3,(H,19,22)/b18-11+. The van der Waals surface area contributed by atoms with Crippen LogP contribution < -0.4 is 5.43 Å². The number of hydrazone groups is 1. The van der Waals surface area contributed by atoms with Crippen LogP contribution in [0.2, 0.25) is 0 Å². The third kappa shape index (κ3) is 3.82. The molecule has 1 aromatic heterocycles. The maximum atomic E-state index is 12.0. The molecule has 0 radical (unpaired) electrons. The number of hydrogen-bond acceptors (Lipinski definition) is 3. The molecule has 0 spiro atoms. The SMILES string of the molecule is C/C(=N\NC(=O)Cn1nc(C)c(Br)c1C)c1ccc(C)cc1. The zero-order chi connectivity index (χ0) is 16.3. The van der Waals surface area contributed by atoms with E-state index in [0.717, 1.165) is 27.1 Å². The minimum atomic E-state index is -0.204. The van der Waals surface area contributed by atoms with Gasteiger partial charge in [-0.3, -0.25) is 9.48 Å². The van der Waals surface area contributed by atoms with Crippen molar-refractivity contribution in [2.75, 3.05) is 0 Å². The van der Waals surface area contributed by atoms with Gasteiger partial charge < -0.3 is 0 Å². The molecule has 0 bridgehead atoms. The summed E-state index contributed by atoms with van der Waals surface area (Å²) in [7, 11) is 0. The third-order valence-electron chi connectivity index (χ3n) is 3.40. The first-order valence-corrected chi connectivity index (χ1v) is 7.77. The number of amides is 1. The first kappa shape index (κ1) is 16.4. The monoisotopic (exact) mass is 362 g/mol. The Kier molecular flexibility index (Phi) is 5.13. The lowest BCUT2D eigenvalue weighted by molar-refractivity contribution is -0.121. The summed E-state index contributed by atoms with van der Waals surface area (Å²) in [6.07, 6.45) is 0. The lowest BCUT2D eigenvalue weighted by Crippen LogP contribution is -2.25. The number of nitrogens with zero attached hydrogens (tertiary/aromatic N) is 3. The van der Waals surface area contributed by atoms with E-state index < -0.39 is 0 Å². The van der Waals surface area contributed by atoms with Gasteiger partial charge in [-0.15, -0.1) is 0 Å². The second kappa shape index (κ2) is 6.87. The van der Waals surface area contributed by atoms with E-state index in [2.05, 4.69) is 31.6 Å². The number of carbonyl (C=O) groups is 1. The van der Waals surface area contributed by atoms with Gasteiger partial charge in [0.1, 0.15) is 6.54 Å². The Bertz CT molecular complexity index is 716. The topological polar surface area (TPSA) is 59.3 Å². The fraction of sp³-hybridized carbons (Fsp3) is 0.312. The van der Waals surface area contributed by atoms with Crippen LogP contribution >= 0.6 is 15.9 Å². The highest BCUT2D eigenvalue weighted by atomic mass is 79.9. The summed E-state index contributed by atoms with van der Waals surface area (Å²) in [4.78, 5) is 12.0. The number of carbonyl (C=O) groups excluding carboxylic acids is 1. The van der Waals surface area contributed by atoms with Crippen molar-refractivity contribution in [2.45, 2.75) is 34.2 Å². The van der Waals surface area contributed by atoms with Gasteiger partial charge in [0.15, 0.2) is 0 Å². The molecule has 0 aliphatic carbocycles. The molecule has 6 heteroatoms. The average molecular weight is 363 g/mol. The zero-order valence-corrected chi connectivity index (χ0v) is 14.7. The number of benzene rings is 1. The first-order chi connectivity index (χ1) is 10.4. The molecule has 22 heavy (non-hydrogen) atoms. The molecule has 1 aromatic carbocycles.